The van der Waals surface area contributed by atoms with Crippen LogP contribution < -0.4 is 5.73 Å². The largest absolute Gasteiger partial charge is 0.395 e. The number of nitrogens with two attached hydrogens (primary N) is 1. The summed E-state index contributed by atoms with van der Waals surface area (Å²) >= 11 is 0. The Morgan fingerprint density at radius 3 is 2.70 bits per heavy atom. The van der Waals surface area contributed by atoms with E-state index in [0.717, 1.165) is 11.0 Å². The number of aliphatic hydroxyl groups excluding tert-OH is 1. The van der Waals surface area contributed by atoms with Crippen molar-refractivity contribution < 1.29 is 19.1 Å². The lowest BCUT2D eigenvalue weighted by atomic mass is 10.1. The molecule has 0 atom stereocenters. The molecule has 2 amide bonds. The minimum Gasteiger partial charge on any atom is -0.395 e. The van der Waals surface area contributed by atoms with E-state index >= 15 is 0 Å². The Kier molecular flexibility index (Phi) is 5.69. The number of nitrogens with zero attached hydrogens (tertiary/aromatic N) is 1. The third-order valence-corrected chi connectivity index (χ3v) is 2.41. The smallest absolute Gasteiger partial charge is 0.257 e. The summed E-state index contributed by atoms with van der Waals surface area (Å²) in [5.41, 5.74) is 5.23. The highest BCUT2D eigenvalue weighted by atomic mass is 19.1. The molecule has 1 aromatic rings. The molecule has 0 saturated heterocycles. The molecule has 0 unspecified atom stereocenters. The minimum absolute atomic E-state index is 0.0655. The van der Waals surface area contributed by atoms with Crippen LogP contribution in [-0.2, 0) is 4.79 Å². The van der Waals surface area contributed by atoms with Gasteiger partial charge in [0.25, 0.3) is 5.91 Å². The van der Waals surface area contributed by atoms with Gasteiger partial charge in [-0.3, -0.25) is 9.59 Å². The molecule has 1 aromatic carbocycles. The van der Waals surface area contributed by atoms with Crippen LogP contribution in [0.25, 0.3) is 0 Å². The third-order valence-electron chi connectivity index (χ3n) is 2.41. The molecule has 0 bridgehead atoms. The summed E-state index contributed by atoms with van der Waals surface area (Å²) in [5.74, 6) is 3.30. The fourth-order valence-corrected chi connectivity index (χ4v) is 1.50. The SMILES string of the molecule is CN(CC(N)=O)C(=O)c1ccc(C#CCCO)cc1F. The molecule has 0 fully saturated rings. The zero-order valence-electron chi connectivity index (χ0n) is 11.0. The summed E-state index contributed by atoms with van der Waals surface area (Å²) in [6.45, 7) is -0.347. The van der Waals surface area contributed by atoms with Gasteiger partial charge in [-0.2, -0.15) is 0 Å². The maximum Gasteiger partial charge on any atom is 0.257 e. The van der Waals surface area contributed by atoms with Crippen LogP contribution in [0.4, 0.5) is 4.39 Å². The van der Waals surface area contributed by atoms with Gasteiger partial charge in [-0.25, -0.2) is 4.39 Å². The van der Waals surface area contributed by atoms with Gasteiger partial charge < -0.3 is 15.7 Å². The van der Waals surface area contributed by atoms with E-state index in [-0.39, 0.29) is 18.7 Å². The number of hydrogen-bond acceptors (Lipinski definition) is 3. The Balaban J connectivity index is 2.91. The maximum atomic E-state index is 13.8. The van der Waals surface area contributed by atoms with E-state index in [0.29, 0.717) is 12.0 Å². The second-order valence-corrected chi connectivity index (χ2v) is 4.10. The summed E-state index contributed by atoms with van der Waals surface area (Å²) in [5, 5.41) is 8.58. The molecule has 0 aromatic heterocycles. The summed E-state index contributed by atoms with van der Waals surface area (Å²) < 4.78 is 13.8. The monoisotopic (exact) mass is 278 g/mol. The molecule has 6 heteroatoms. The van der Waals surface area contributed by atoms with Crippen LogP contribution in [0.5, 0.6) is 0 Å². The van der Waals surface area contributed by atoms with Crippen molar-refractivity contribution in [2.75, 3.05) is 20.2 Å². The molecule has 0 aliphatic carbocycles. The van der Waals surface area contributed by atoms with Crippen molar-refractivity contribution in [1.82, 2.24) is 4.90 Å². The standard InChI is InChI=1S/C14H15FN2O3/c1-17(9-13(16)19)14(20)11-6-5-10(8-12(11)15)4-2-3-7-18/h5-6,8,18H,3,7,9H2,1H3,(H2,16,19). The van der Waals surface area contributed by atoms with Gasteiger partial charge in [-0.15, -0.1) is 0 Å². The zero-order valence-corrected chi connectivity index (χ0v) is 11.0. The Labute approximate surface area is 116 Å². The number of halogens is 1. The van der Waals surface area contributed by atoms with Gasteiger partial charge in [-0.1, -0.05) is 11.8 Å². The van der Waals surface area contributed by atoms with E-state index in [4.69, 9.17) is 10.8 Å². The molecular formula is C14H15FN2O3. The summed E-state index contributed by atoms with van der Waals surface area (Å²) in [4.78, 5) is 23.6. The molecule has 0 radical (unpaired) electrons. The molecule has 106 valence electrons. The maximum absolute atomic E-state index is 13.8. The molecule has 0 saturated carbocycles. The lowest BCUT2D eigenvalue weighted by molar-refractivity contribution is -0.118. The zero-order chi connectivity index (χ0) is 15.1. The molecule has 20 heavy (non-hydrogen) atoms. The second-order valence-electron chi connectivity index (χ2n) is 4.10. The van der Waals surface area contributed by atoms with Gasteiger partial charge >= 0.3 is 0 Å². The van der Waals surface area contributed by atoms with Gasteiger partial charge in [0.2, 0.25) is 5.91 Å². The summed E-state index contributed by atoms with van der Waals surface area (Å²) in [6.07, 6.45) is 0.295. The number of amides is 2. The van der Waals surface area contributed by atoms with E-state index in [1.807, 2.05) is 0 Å². The van der Waals surface area contributed by atoms with Gasteiger partial charge in [0, 0.05) is 19.0 Å². The van der Waals surface area contributed by atoms with Crippen molar-refractivity contribution in [3.63, 3.8) is 0 Å². The highest BCUT2D eigenvalue weighted by Crippen LogP contribution is 2.12. The first-order chi connectivity index (χ1) is 9.45. The number of aliphatic hydroxyl groups is 1. The first-order valence-corrected chi connectivity index (χ1v) is 5.88. The molecule has 0 aliphatic heterocycles. The van der Waals surface area contributed by atoms with Gasteiger partial charge in [0.1, 0.15) is 5.82 Å². The molecular weight excluding hydrogens is 263 g/mol. The number of rotatable bonds is 4. The molecule has 1 rings (SSSR count). The van der Waals surface area contributed by atoms with Gasteiger partial charge in [0.05, 0.1) is 18.7 Å². The van der Waals surface area contributed by atoms with Crippen molar-refractivity contribution in [3.05, 3.63) is 35.1 Å². The number of hydrogen-bond donors (Lipinski definition) is 2. The van der Waals surface area contributed by atoms with Crippen LogP contribution in [-0.4, -0.2) is 42.0 Å². The number of benzene rings is 1. The van der Waals surface area contributed by atoms with Gasteiger partial charge in [-0.05, 0) is 18.2 Å². The van der Waals surface area contributed by atoms with E-state index in [1.54, 1.807) is 0 Å². The van der Waals surface area contributed by atoms with Crippen LogP contribution >= 0.6 is 0 Å². The van der Waals surface area contributed by atoms with Crippen LogP contribution in [0.2, 0.25) is 0 Å². The predicted molar refractivity (Wildman–Crippen MR) is 71.1 cm³/mol. The topological polar surface area (TPSA) is 83.6 Å². The average Bonchev–Trinajstić information content (AvgIpc) is 2.37. The third kappa shape index (κ3) is 4.37. The van der Waals surface area contributed by atoms with Crippen LogP contribution in [0.1, 0.15) is 22.3 Å². The van der Waals surface area contributed by atoms with Crippen LogP contribution in [0.3, 0.4) is 0 Å². The lowest BCUT2D eigenvalue weighted by Gasteiger charge is -2.15. The van der Waals surface area contributed by atoms with E-state index < -0.39 is 17.6 Å². The first kappa shape index (κ1) is 15.7. The Morgan fingerprint density at radius 2 is 2.15 bits per heavy atom. The highest BCUT2D eigenvalue weighted by Gasteiger charge is 2.17. The fraction of sp³-hybridized carbons (Fsp3) is 0.286. The molecule has 0 heterocycles. The molecule has 0 aliphatic rings. The van der Waals surface area contributed by atoms with Crippen molar-refractivity contribution >= 4 is 11.8 Å². The van der Waals surface area contributed by atoms with Crippen LogP contribution in [0.15, 0.2) is 18.2 Å². The number of primary amides is 1. The van der Waals surface area contributed by atoms with E-state index in [2.05, 4.69) is 11.8 Å². The lowest BCUT2D eigenvalue weighted by Crippen LogP contribution is -2.35. The Bertz CT molecular complexity index is 576. The van der Waals surface area contributed by atoms with E-state index in [1.165, 1.54) is 19.2 Å². The quantitative estimate of drug-likeness (QED) is 0.767. The van der Waals surface area contributed by atoms with Crippen molar-refractivity contribution in [2.45, 2.75) is 6.42 Å². The predicted octanol–water partition coefficient (Wildman–Crippen LogP) is 0.117. The molecule has 3 N–H and O–H groups in total. The molecule has 5 nitrogen and oxygen atoms in total. The Morgan fingerprint density at radius 1 is 1.45 bits per heavy atom. The number of carbonyl (C=O) groups excluding carboxylic acids is 2. The van der Waals surface area contributed by atoms with Crippen LogP contribution in [0, 0.1) is 17.7 Å². The van der Waals surface area contributed by atoms with Crippen molar-refractivity contribution in [1.29, 1.82) is 0 Å². The van der Waals surface area contributed by atoms with Crippen molar-refractivity contribution in [3.8, 4) is 11.8 Å². The minimum atomic E-state index is -0.720. The Hall–Kier alpha value is -2.39. The summed E-state index contributed by atoms with van der Waals surface area (Å²) in [6, 6.07) is 3.94. The highest BCUT2D eigenvalue weighted by molar-refractivity contribution is 5.96. The second kappa shape index (κ2) is 7.26. The normalized spacial score (nSPS) is 9.55. The first-order valence-electron chi connectivity index (χ1n) is 5.88. The van der Waals surface area contributed by atoms with Crippen molar-refractivity contribution in [2.24, 2.45) is 5.73 Å². The van der Waals surface area contributed by atoms with E-state index in [9.17, 15) is 14.0 Å². The average molecular weight is 278 g/mol. The number of carbonyl (C=O) groups is 2. The molecule has 0 spiro atoms. The fourth-order valence-electron chi connectivity index (χ4n) is 1.50. The summed E-state index contributed by atoms with van der Waals surface area (Å²) in [7, 11) is 1.36. The van der Waals surface area contributed by atoms with Gasteiger partial charge in [0.15, 0.2) is 0 Å². The number of likely N-dealkylation sites (N-methyl/N-ethyl adjacent to an activating group) is 1.